The van der Waals surface area contributed by atoms with Crippen LogP contribution in [0, 0.1) is 5.92 Å². The number of hydrogen-bond acceptors (Lipinski definition) is 5. The molecule has 1 rings (SSSR count). The Kier molecular flexibility index (Phi) is 7.28. The molecule has 7 heteroatoms. The van der Waals surface area contributed by atoms with E-state index in [-0.39, 0.29) is 11.8 Å². The number of nitrogens with two attached hydrogens (primary N) is 1. The van der Waals surface area contributed by atoms with Crippen molar-refractivity contribution in [3.63, 3.8) is 0 Å². The Bertz CT molecular complexity index is 399. The Morgan fingerprint density at radius 2 is 1.74 bits per heavy atom. The first kappa shape index (κ1) is 19.7. The number of alkyl carbamates (subject to hydrolysis) is 1. The van der Waals surface area contributed by atoms with E-state index in [0.29, 0.717) is 19.6 Å². The standard InChI is InChI=1S/C16H32N4O3/c1-12(2)13(17)14(21)20-10-8-19(9-11-20)7-6-18-15(22)23-16(3,4)5/h12-13H,6-11,17H2,1-5H3,(H,18,22)/t13-/m0/s1. The second kappa shape index (κ2) is 8.49. The number of ether oxygens (including phenoxy) is 1. The van der Waals surface area contributed by atoms with E-state index < -0.39 is 17.7 Å². The normalized spacial score (nSPS) is 18.0. The minimum absolute atomic E-state index is 0.0338. The molecule has 134 valence electrons. The number of carbonyl (C=O) groups excluding carboxylic acids is 2. The minimum atomic E-state index is -0.481. The maximum atomic E-state index is 12.2. The van der Waals surface area contributed by atoms with Crippen molar-refractivity contribution >= 4 is 12.0 Å². The summed E-state index contributed by atoms with van der Waals surface area (Å²) in [6.45, 7) is 13.7. The van der Waals surface area contributed by atoms with Gasteiger partial charge in [-0.25, -0.2) is 4.79 Å². The van der Waals surface area contributed by atoms with E-state index in [0.717, 1.165) is 19.6 Å². The van der Waals surface area contributed by atoms with Crippen LogP contribution < -0.4 is 11.1 Å². The van der Waals surface area contributed by atoms with Crippen LogP contribution in [0.15, 0.2) is 0 Å². The van der Waals surface area contributed by atoms with Crippen LogP contribution in [-0.2, 0) is 9.53 Å². The summed E-state index contributed by atoms with van der Waals surface area (Å²) in [6, 6.07) is -0.421. The van der Waals surface area contributed by atoms with Crippen LogP contribution in [0.3, 0.4) is 0 Å². The largest absolute Gasteiger partial charge is 0.444 e. The third kappa shape index (κ3) is 7.18. The molecule has 1 heterocycles. The number of hydrogen-bond donors (Lipinski definition) is 2. The van der Waals surface area contributed by atoms with E-state index in [1.165, 1.54) is 0 Å². The summed E-state index contributed by atoms with van der Waals surface area (Å²) >= 11 is 0. The summed E-state index contributed by atoms with van der Waals surface area (Å²) in [4.78, 5) is 27.8. The van der Waals surface area contributed by atoms with Gasteiger partial charge in [0.15, 0.2) is 0 Å². The lowest BCUT2D eigenvalue weighted by molar-refractivity contribution is -0.135. The highest BCUT2D eigenvalue weighted by Crippen LogP contribution is 2.08. The molecule has 0 aromatic heterocycles. The fourth-order valence-corrected chi connectivity index (χ4v) is 2.32. The molecule has 1 aliphatic heterocycles. The predicted octanol–water partition coefficient (Wildman–Crippen LogP) is 0.639. The van der Waals surface area contributed by atoms with Crippen LogP contribution in [0.2, 0.25) is 0 Å². The average molecular weight is 328 g/mol. The number of carbonyl (C=O) groups is 2. The van der Waals surface area contributed by atoms with E-state index in [2.05, 4.69) is 10.2 Å². The third-order valence-electron chi connectivity index (χ3n) is 3.78. The predicted molar refractivity (Wildman–Crippen MR) is 90.1 cm³/mol. The van der Waals surface area contributed by atoms with Crippen LogP contribution in [0.5, 0.6) is 0 Å². The SMILES string of the molecule is CC(C)[C@H](N)C(=O)N1CCN(CCNC(=O)OC(C)(C)C)CC1. The molecule has 0 aliphatic carbocycles. The number of rotatable bonds is 5. The van der Waals surface area contributed by atoms with E-state index >= 15 is 0 Å². The molecule has 23 heavy (non-hydrogen) atoms. The van der Waals surface area contributed by atoms with Gasteiger partial charge in [0.1, 0.15) is 5.60 Å². The Labute approximate surface area is 139 Å². The van der Waals surface area contributed by atoms with Crippen LogP contribution >= 0.6 is 0 Å². The number of amides is 2. The molecule has 0 bridgehead atoms. The van der Waals surface area contributed by atoms with Gasteiger partial charge in [0, 0.05) is 39.3 Å². The van der Waals surface area contributed by atoms with Crippen molar-refractivity contribution in [1.82, 2.24) is 15.1 Å². The molecular formula is C16H32N4O3. The molecule has 2 amide bonds. The minimum Gasteiger partial charge on any atom is -0.444 e. The van der Waals surface area contributed by atoms with Crippen molar-refractivity contribution in [3.05, 3.63) is 0 Å². The zero-order valence-corrected chi connectivity index (χ0v) is 15.1. The molecule has 1 aliphatic rings. The van der Waals surface area contributed by atoms with Crippen LogP contribution in [0.4, 0.5) is 4.79 Å². The van der Waals surface area contributed by atoms with Gasteiger partial charge < -0.3 is 20.7 Å². The van der Waals surface area contributed by atoms with Crippen LogP contribution in [-0.4, -0.2) is 72.7 Å². The highest BCUT2D eigenvalue weighted by molar-refractivity contribution is 5.82. The van der Waals surface area contributed by atoms with Crippen molar-refractivity contribution in [2.24, 2.45) is 11.7 Å². The zero-order chi connectivity index (χ0) is 17.6. The van der Waals surface area contributed by atoms with Crippen molar-refractivity contribution in [2.75, 3.05) is 39.3 Å². The van der Waals surface area contributed by atoms with Crippen molar-refractivity contribution in [1.29, 1.82) is 0 Å². The third-order valence-corrected chi connectivity index (χ3v) is 3.78. The first-order chi connectivity index (χ1) is 10.6. The molecule has 0 saturated carbocycles. The monoisotopic (exact) mass is 328 g/mol. The molecular weight excluding hydrogens is 296 g/mol. The average Bonchev–Trinajstić information content (AvgIpc) is 2.44. The Hall–Kier alpha value is -1.34. The van der Waals surface area contributed by atoms with Gasteiger partial charge in [0.25, 0.3) is 0 Å². The quantitative estimate of drug-likeness (QED) is 0.773. The Morgan fingerprint density at radius 3 is 2.22 bits per heavy atom. The first-order valence-corrected chi connectivity index (χ1v) is 8.33. The molecule has 0 spiro atoms. The fraction of sp³-hybridized carbons (Fsp3) is 0.875. The molecule has 3 N–H and O–H groups in total. The van der Waals surface area contributed by atoms with Gasteiger partial charge in [0.2, 0.25) is 5.91 Å². The second-order valence-corrected chi connectivity index (χ2v) is 7.37. The molecule has 7 nitrogen and oxygen atoms in total. The molecule has 0 aromatic rings. The lowest BCUT2D eigenvalue weighted by atomic mass is 10.0. The van der Waals surface area contributed by atoms with Crippen molar-refractivity contribution in [2.45, 2.75) is 46.3 Å². The van der Waals surface area contributed by atoms with Crippen molar-refractivity contribution in [3.8, 4) is 0 Å². The Balaban J connectivity index is 2.24. The number of piperazine rings is 1. The summed E-state index contributed by atoms with van der Waals surface area (Å²) in [5.41, 5.74) is 5.44. The summed E-state index contributed by atoms with van der Waals surface area (Å²) in [5.74, 6) is 0.185. The number of nitrogens with one attached hydrogen (secondary N) is 1. The molecule has 1 atom stereocenters. The highest BCUT2D eigenvalue weighted by atomic mass is 16.6. The van der Waals surface area contributed by atoms with E-state index in [9.17, 15) is 9.59 Å². The highest BCUT2D eigenvalue weighted by Gasteiger charge is 2.26. The topological polar surface area (TPSA) is 87.9 Å². The van der Waals surface area contributed by atoms with E-state index in [4.69, 9.17) is 10.5 Å². The van der Waals surface area contributed by atoms with Gasteiger partial charge in [-0.15, -0.1) is 0 Å². The Morgan fingerprint density at radius 1 is 1.17 bits per heavy atom. The maximum absolute atomic E-state index is 12.2. The zero-order valence-electron chi connectivity index (χ0n) is 15.1. The summed E-state index contributed by atoms with van der Waals surface area (Å²) < 4.78 is 5.19. The number of nitrogens with zero attached hydrogens (tertiary/aromatic N) is 2. The molecule has 0 aromatic carbocycles. The second-order valence-electron chi connectivity index (χ2n) is 7.37. The fourth-order valence-electron chi connectivity index (χ4n) is 2.32. The molecule has 1 fully saturated rings. The lowest BCUT2D eigenvalue weighted by Crippen LogP contribution is -2.55. The van der Waals surface area contributed by atoms with Gasteiger partial charge in [-0.1, -0.05) is 13.8 Å². The van der Waals surface area contributed by atoms with E-state index in [1.54, 1.807) is 0 Å². The summed E-state index contributed by atoms with van der Waals surface area (Å²) in [6.07, 6.45) is -0.394. The molecule has 0 radical (unpaired) electrons. The molecule has 1 saturated heterocycles. The van der Waals surface area contributed by atoms with Gasteiger partial charge in [-0.3, -0.25) is 9.69 Å². The maximum Gasteiger partial charge on any atom is 0.407 e. The van der Waals surface area contributed by atoms with Crippen LogP contribution in [0.1, 0.15) is 34.6 Å². The van der Waals surface area contributed by atoms with Gasteiger partial charge in [0.05, 0.1) is 6.04 Å². The van der Waals surface area contributed by atoms with Gasteiger partial charge in [-0.05, 0) is 26.7 Å². The first-order valence-electron chi connectivity index (χ1n) is 8.33. The van der Waals surface area contributed by atoms with Gasteiger partial charge >= 0.3 is 6.09 Å². The lowest BCUT2D eigenvalue weighted by Gasteiger charge is -2.36. The summed E-state index contributed by atoms with van der Waals surface area (Å²) in [7, 11) is 0. The van der Waals surface area contributed by atoms with Gasteiger partial charge in [-0.2, -0.15) is 0 Å². The van der Waals surface area contributed by atoms with Crippen LogP contribution in [0.25, 0.3) is 0 Å². The smallest absolute Gasteiger partial charge is 0.407 e. The molecule has 0 unspecified atom stereocenters. The summed E-state index contributed by atoms with van der Waals surface area (Å²) in [5, 5.41) is 2.75. The van der Waals surface area contributed by atoms with E-state index in [1.807, 2.05) is 39.5 Å². The van der Waals surface area contributed by atoms with Crippen molar-refractivity contribution < 1.29 is 14.3 Å².